The van der Waals surface area contributed by atoms with Crippen LogP contribution in [0.5, 0.6) is 0 Å². The van der Waals surface area contributed by atoms with Crippen molar-refractivity contribution in [2.45, 2.75) is 25.9 Å². The van der Waals surface area contributed by atoms with E-state index in [4.69, 9.17) is 0 Å². The van der Waals surface area contributed by atoms with Crippen molar-refractivity contribution in [3.05, 3.63) is 65.7 Å². The van der Waals surface area contributed by atoms with Gasteiger partial charge in [-0.25, -0.2) is 0 Å². The van der Waals surface area contributed by atoms with Gasteiger partial charge < -0.3 is 10.0 Å². The van der Waals surface area contributed by atoms with Crippen LogP contribution in [0.4, 0.5) is 5.69 Å². The molecule has 0 bridgehead atoms. The molecule has 1 amide bonds. The molecule has 4 heteroatoms. The van der Waals surface area contributed by atoms with Crippen LogP contribution in [0.15, 0.2) is 54.6 Å². The number of carbonyl (C=O) groups excluding carboxylic acids is 2. The van der Waals surface area contributed by atoms with Gasteiger partial charge in [0.15, 0.2) is 11.4 Å². The van der Waals surface area contributed by atoms with Crippen LogP contribution in [0.3, 0.4) is 0 Å². The number of anilines is 1. The van der Waals surface area contributed by atoms with Crippen molar-refractivity contribution < 1.29 is 14.7 Å². The maximum absolute atomic E-state index is 13.0. The van der Waals surface area contributed by atoms with E-state index in [1.165, 1.54) is 0 Å². The zero-order valence-electron chi connectivity index (χ0n) is 13.9. The van der Waals surface area contributed by atoms with Crippen LogP contribution in [0, 0.1) is 5.92 Å². The number of nitrogens with zero attached hydrogens (tertiary/aromatic N) is 1. The highest BCUT2D eigenvalue weighted by atomic mass is 16.3. The molecule has 2 aromatic rings. The first-order valence-electron chi connectivity index (χ1n) is 8.25. The Bertz CT molecular complexity index is 771. The molecule has 24 heavy (non-hydrogen) atoms. The molecular weight excluding hydrogens is 302 g/mol. The smallest absolute Gasteiger partial charge is 0.264 e. The minimum absolute atomic E-state index is 0.236. The Morgan fingerprint density at radius 1 is 1.12 bits per heavy atom. The predicted molar refractivity (Wildman–Crippen MR) is 92.9 cm³/mol. The summed E-state index contributed by atoms with van der Waals surface area (Å²) in [5.41, 5.74) is -0.115. The third-order valence-corrected chi connectivity index (χ3v) is 4.70. The van der Waals surface area contributed by atoms with Crippen molar-refractivity contribution in [3.63, 3.8) is 0 Å². The van der Waals surface area contributed by atoms with Crippen LogP contribution >= 0.6 is 0 Å². The lowest BCUT2D eigenvalue weighted by Crippen LogP contribution is -2.47. The second-order valence-corrected chi connectivity index (χ2v) is 6.19. The first kappa shape index (κ1) is 16.4. The van der Waals surface area contributed by atoms with Gasteiger partial charge in [-0.05, 0) is 12.5 Å². The lowest BCUT2D eigenvalue weighted by Gasteiger charge is -2.28. The molecule has 0 saturated heterocycles. The number of amides is 1. The molecule has 0 fully saturated rings. The van der Waals surface area contributed by atoms with E-state index in [9.17, 15) is 14.7 Å². The number of aliphatic hydroxyl groups is 1. The molecule has 2 atom stereocenters. The minimum Gasteiger partial charge on any atom is -0.375 e. The van der Waals surface area contributed by atoms with Crippen molar-refractivity contribution in [1.29, 1.82) is 0 Å². The summed E-state index contributed by atoms with van der Waals surface area (Å²) in [6.07, 6.45) is 0.775. The van der Waals surface area contributed by atoms with E-state index in [-0.39, 0.29) is 5.78 Å². The summed E-state index contributed by atoms with van der Waals surface area (Å²) in [4.78, 5) is 27.4. The average Bonchev–Trinajstić information content (AvgIpc) is 2.85. The van der Waals surface area contributed by atoms with E-state index in [0.717, 1.165) is 6.42 Å². The highest BCUT2D eigenvalue weighted by molar-refractivity contribution is 6.11. The van der Waals surface area contributed by atoms with Gasteiger partial charge in [0.25, 0.3) is 5.91 Å². The molecule has 1 aliphatic heterocycles. The molecule has 0 radical (unpaired) electrons. The van der Waals surface area contributed by atoms with Gasteiger partial charge in [-0.2, -0.15) is 0 Å². The summed E-state index contributed by atoms with van der Waals surface area (Å²) in [6, 6.07) is 16.0. The van der Waals surface area contributed by atoms with Gasteiger partial charge >= 0.3 is 0 Å². The van der Waals surface area contributed by atoms with Crippen LogP contribution < -0.4 is 4.90 Å². The predicted octanol–water partition coefficient (Wildman–Crippen LogP) is 3.15. The Labute approximate surface area is 141 Å². The number of rotatable bonds is 5. The maximum Gasteiger partial charge on any atom is 0.264 e. The molecule has 0 aromatic heterocycles. The minimum atomic E-state index is -1.82. The van der Waals surface area contributed by atoms with Gasteiger partial charge in [0.1, 0.15) is 0 Å². The van der Waals surface area contributed by atoms with E-state index in [1.807, 2.05) is 25.1 Å². The monoisotopic (exact) mass is 323 g/mol. The number of Topliss-reactive ketones (excluding diaryl/α,β-unsaturated/α-hetero) is 1. The fourth-order valence-corrected chi connectivity index (χ4v) is 3.37. The Morgan fingerprint density at radius 2 is 1.75 bits per heavy atom. The fourth-order valence-electron chi connectivity index (χ4n) is 3.37. The van der Waals surface area contributed by atoms with Gasteiger partial charge in [0.2, 0.25) is 0 Å². The van der Waals surface area contributed by atoms with Crippen LogP contribution in [-0.4, -0.2) is 23.3 Å². The lowest BCUT2D eigenvalue weighted by molar-refractivity contribution is -0.139. The average molecular weight is 323 g/mol. The topological polar surface area (TPSA) is 57.6 Å². The zero-order valence-corrected chi connectivity index (χ0v) is 13.9. The highest BCUT2D eigenvalue weighted by Crippen LogP contribution is 2.45. The number of hydrogen-bond acceptors (Lipinski definition) is 3. The van der Waals surface area contributed by atoms with Gasteiger partial charge in [-0.1, -0.05) is 62.4 Å². The second-order valence-electron chi connectivity index (χ2n) is 6.19. The van der Waals surface area contributed by atoms with E-state index < -0.39 is 17.4 Å². The zero-order chi connectivity index (χ0) is 17.3. The third-order valence-electron chi connectivity index (χ3n) is 4.70. The molecule has 124 valence electrons. The normalized spacial score (nSPS) is 20.8. The summed E-state index contributed by atoms with van der Waals surface area (Å²) in [7, 11) is 0. The quantitative estimate of drug-likeness (QED) is 0.860. The Hall–Kier alpha value is -2.46. The molecule has 2 aromatic carbocycles. The largest absolute Gasteiger partial charge is 0.375 e. The van der Waals surface area contributed by atoms with Crippen LogP contribution in [-0.2, 0) is 10.4 Å². The summed E-state index contributed by atoms with van der Waals surface area (Å²) in [5, 5.41) is 11.3. The van der Waals surface area contributed by atoms with Crippen LogP contribution in [0.25, 0.3) is 0 Å². The molecule has 4 nitrogen and oxygen atoms in total. The van der Waals surface area contributed by atoms with Crippen molar-refractivity contribution in [2.75, 3.05) is 11.4 Å². The molecule has 3 rings (SSSR count). The summed E-state index contributed by atoms with van der Waals surface area (Å²) in [6.45, 7) is 4.12. The number of benzene rings is 2. The standard InChI is InChI=1S/C20H21NO3/c1-3-13-21-17-12-8-7-11-16(17)20(24,19(21)23)14(2)18(22)15-9-5-4-6-10-15/h4-12,14,24H,3,13H2,1-2H3/t14-,20+/m0/s1. The SMILES string of the molecule is CCCN1C(=O)[C@@](O)([C@@H](C)C(=O)c2ccccc2)c2ccccc21. The van der Waals surface area contributed by atoms with Gasteiger partial charge in [0.05, 0.1) is 11.6 Å². The van der Waals surface area contributed by atoms with Gasteiger partial charge in [-0.3, -0.25) is 9.59 Å². The first-order chi connectivity index (χ1) is 11.5. The van der Waals surface area contributed by atoms with Crippen molar-refractivity contribution in [3.8, 4) is 0 Å². The van der Waals surface area contributed by atoms with E-state index >= 15 is 0 Å². The Kier molecular flexibility index (Phi) is 4.24. The van der Waals surface area contributed by atoms with E-state index in [0.29, 0.717) is 23.4 Å². The lowest BCUT2D eigenvalue weighted by atomic mass is 9.79. The molecular formula is C20H21NO3. The Morgan fingerprint density at radius 3 is 2.42 bits per heavy atom. The first-order valence-corrected chi connectivity index (χ1v) is 8.25. The maximum atomic E-state index is 13.0. The molecule has 1 heterocycles. The van der Waals surface area contributed by atoms with Gasteiger partial charge in [0, 0.05) is 17.7 Å². The van der Waals surface area contributed by atoms with E-state index in [2.05, 4.69) is 0 Å². The molecule has 1 N–H and O–H groups in total. The van der Waals surface area contributed by atoms with Crippen molar-refractivity contribution >= 4 is 17.4 Å². The number of hydrogen-bond donors (Lipinski definition) is 1. The molecule has 0 spiro atoms. The van der Waals surface area contributed by atoms with Crippen LogP contribution in [0.2, 0.25) is 0 Å². The number of carbonyl (C=O) groups is 2. The van der Waals surface area contributed by atoms with Crippen LogP contribution in [0.1, 0.15) is 36.2 Å². The molecule has 0 aliphatic carbocycles. The van der Waals surface area contributed by atoms with Crippen molar-refractivity contribution in [1.82, 2.24) is 0 Å². The third kappa shape index (κ3) is 2.34. The highest BCUT2D eigenvalue weighted by Gasteiger charge is 2.54. The molecule has 1 aliphatic rings. The Balaban J connectivity index is 2.05. The summed E-state index contributed by atoms with van der Waals surface area (Å²) in [5.74, 6) is -1.52. The van der Waals surface area contributed by atoms with E-state index in [1.54, 1.807) is 48.2 Å². The fraction of sp³-hybridized carbons (Fsp3) is 0.300. The summed E-state index contributed by atoms with van der Waals surface area (Å²) < 4.78 is 0. The molecule has 0 saturated carbocycles. The number of fused-ring (bicyclic) bond motifs is 1. The number of ketones is 1. The second kappa shape index (κ2) is 6.21. The number of para-hydroxylation sites is 1. The molecule has 0 unspecified atom stereocenters. The summed E-state index contributed by atoms with van der Waals surface area (Å²) >= 11 is 0. The van der Waals surface area contributed by atoms with Crippen molar-refractivity contribution in [2.24, 2.45) is 5.92 Å². The van der Waals surface area contributed by atoms with Gasteiger partial charge in [-0.15, -0.1) is 0 Å².